The normalized spacial score (nSPS) is 11.1. The molecule has 0 heterocycles. The van der Waals surface area contributed by atoms with Crippen molar-refractivity contribution in [2.24, 2.45) is 0 Å². The van der Waals surface area contributed by atoms with E-state index in [0.717, 1.165) is 0 Å². The first kappa shape index (κ1) is 21.8. The van der Waals surface area contributed by atoms with Crippen LogP contribution in [0, 0.1) is 0 Å². The molecule has 1 unspecified atom stereocenters. The van der Waals surface area contributed by atoms with Gasteiger partial charge in [-0.25, -0.2) is 0 Å². The van der Waals surface area contributed by atoms with Crippen LogP contribution in [0.1, 0.15) is 38.7 Å². The van der Waals surface area contributed by atoms with Crippen molar-refractivity contribution in [3.63, 3.8) is 0 Å². The summed E-state index contributed by atoms with van der Waals surface area (Å²) in [4.78, 5) is 22.1. The molecule has 0 aliphatic heterocycles. The smallest absolute Gasteiger partial charge is 0.549 e. The van der Waals surface area contributed by atoms with Crippen LogP contribution in [-0.4, -0.2) is 32.1 Å². The van der Waals surface area contributed by atoms with E-state index in [4.69, 9.17) is 14.2 Å². The zero-order valence-electron chi connectivity index (χ0n) is 14.1. The fourth-order valence-corrected chi connectivity index (χ4v) is 2.09. The van der Waals surface area contributed by atoms with E-state index in [1.165, 1.54) is 0 Å². The SMILES string of the molecule is CCOc1cc(OCC)c(C(CC=O)C(=O)[O-])cc1OCC.[Na+]. The summed E-state index contributed by atoms with van der Waals surface area (Å²) in [5.41, 5.74) is 0.348. The number of benzene rings is 1. The fourth-order valence-electron chi connectivity index (χ4n) is 2.09. The van der Waals surface area contributed by atoms with E-state index in [2.05, 4.69) is 0 Å². The van der Waals surface area contributed by atoms with Crippen molar-refractivity contribution >= 4 is 12.3 Å². The van der Waals surface area contributed by atoms with E-state index in [0.29, 0.717) is 48.9 Å². The average Bonchev–Trinajstić information content (AvgIpc) is 2.48. The molecule has 0 aliphatic rings. The van der Waals surface area contributed by atoms with Crippen LogP contribution >= 0.6 is 0 Å². The summed E-state index contributed by atoms with van der Waals surface area (Å²) in [5, 5.41) is 11.3. The number of hydrogen-bond acceptors (Lipinski definition) is 6. The van der Waals surface area contributed by atoms with Crippen molar-refractivity contribution in [3.8, 4) is 17.2 Å². The molecule has 0 saturated heterocycles. The zero-order valence-corrected chi connectivity index (χ0v) is 16.1. The van der Waals surface area contributed by atoms with Crippen molar-refractivity contribution in [2.45, 2.75) is 33.1 Å². The first-order valence-corrected chi connectivity index (χ1v) is 7.29. The number of rotatable bonds is 10. The molecule has 0 aromatic heterocycles. The molecule has 0 radical (unpaired) electrons. The third kappa shape index (κ3) is 6.05. The molecule has 0 aliphatic carbocycles. The Morgan fingerprint density at radius 2 is 1.52 bits per heavy atom. The molecule has 0 bridgehead atoms. The molecule has 6 nitrogen and oxygen atoms in total. The van der Waals surface area contributed by atoms with Crippen molar-refractivity contribution in [3.05, 3.63) is 17.7 Å². The van der Waals surface area contributed by atoms with Gasteiger partial charge < -0.3 is 28.9 Å². The molecule has 0 spiro atoms. The standard InChI is InChI=1S/C16H22O6.Na/c1-4-20-13-10-15(22-6-3)14(21-5-2)9-12(13)11(7-8-17)16(18)19;/h8-11H,4-7H2,1-3H3,(H,18,19);/q;+1/p-1. The molecule has 1 rings (SSSR count). The Balaban J connectivity index is 0.00000484. The molecular weight excluding hydrogens is 311 g/mol. The van der Waals surface area contributed by atoms with Gasteiger partial charge in [0.15, 0.2) is 11.5 Å². The second-order valence-corrected chi connectivity index (χ2v) is 4.41. The maximum atomic E-state index is 11.3. The second kappa shape index (κ2) is 11.3. The Labute approximate surface area is 158 Å². The molecule has 0 N–H and O–H groups in total. The van der Waals surface area contributed by atoms with Crippen LogP contribution in [0.2, 0.25) is 0 Å². The Bertz CT molecular complexity index is 518. The molecule has 0 amide bonds. The van der Waals surface area contributed by atoms with Crippen LogP contribution in [0.15, 0.2) is 12.1 Å². The summed E-state index contributed by atoms with van der Waals surface area (Å²) in [6.45, 7) is 6.62. The summed E-state index contributed by atoms with van der Waals surface area (Å²) in [6, 6.07) is 3.14. The largest absolute Gasteiger partial charge is 1.00 e. The summed E-state index contributed by atoms with van der Waals surface area (Å²) < 4.78 is 16.5. The average molecular weight is 332 g/mol. The molecule has 0 fully saturated rings. The molecule has 1 aromatic carbocycles. The monoisotopic (exact) mass is 332 g/mol. The van der Waals surface area contributed by atoms with Crippen molar-refractivity contribution in [1.29, 1.82) is 0 Å². The number of hydrogen-bond donors (Lipinski definition) is 0. The molecule has 7 heteroatoms. The van der Waals surface area contributed by atoms with Crippen LogP contribution in [0.4, 0.5) is 0 Å². The maximum Gasteiger partial charge on any atom is 1.00 e. The molecule has 0 saturated carbocycles. The zero-order chi connectivity index (χ0) is 16.5. The van der Waals surface area contributed by atoms with Gasteiger partial charge in [-0.1, -0.05) is 0 Å². The summed E-state index contributed by atoms with van der Waals surface area (Å²) >= 11 is 0. The maximum absolute atomic E-state index is 11.3. The van der Waals surface area contributed by atoms with E-state index in [1.54, 1.807) is 19.1 Å². The van der Waals surface area contributed by atoms with Crippen molar-refractivity contribution in [1.82, 2.24) is 0 Å². The summed E-state index contributed by atoms with van der Waals surface area (Å²) in [6.07, 6.45) is 0.356. The van der Waals surface area contributed by atoms with Gasteiger partial charge in [-0.15, -0.1) is 0 Å². The van der Waals surface area contributed by atoms with Crippen LogP contribution in [-0.2, 0) is 9.59 Å². The summed E-state index contributed by atoms with van der Waals surface area (Å²) in [7, 11) is 0. The van der Waals surface area contributed by atoms with Crippen molar-refractivity contribution < 1.29 is 58.5 Å². The fraction of sp³-hybridized carbons (Fsp3) is 0.500. The number of aliphatic carboxylic acids is 1. The van der Waals surface area contributed by atoms with E-state index >= 15 is 0 Å². The van der Waals surface area contributed by atoms with Gasteiger partial charge in [-0.3, -0.25) is 0 Å². The Morgan fingerprint density at radius 3 is 1.96 bits per heavy atom. The van der Waals surface area contributed by atoms with Gasteiger partial charge in [0.1, 0.15) is 12.0 Å². The molecule has 23 heavy (non-hydrogen) atoms. The van der Waals surface area contributed by atoms with Gasteiger partial charge in [-0.2, -0.15) is 0 Å². The van der Waals surface area contributed by atoms with Crippen LogP contribution in [0.5, 0.6) is 17.2 Å². The molecule has 1 atom stereocenters. The number of aldehydes is 1. The number of carboxylic acid groups (broad SMARTS) is 1. The van der Waals surface area contributed by atoms with Gasteiger partial charge in [0.05, 0.1) is 19.8 Å². The van der Waals surface area contributed by atoms with E-state index in [9.17, 15) is 14.7 Å². The first-order chi connectivity index (χ1) is 10.6. The first-order valence-electron chi connectivity index (χ1n) is 7.29. The van der Waals surface area contributed by atoms with Crippen molar-refractivity contribution in [2.75, 3.05) is 19.8 Å². The molecule has 122 valence electrons. The van der Waals surface area contributed by atoms with Gasteiger partial charge in [0.25, 0.3) is 0 Å². The van der Waals surface area contributed by atoms with Crippen LogP contribution < -0.4 is 48.9 Å². The third-order valence-corrected chi connectivity index (χ3v) is 2.97. The Morgan fingerprint density at radius 1 is 1.04 bits per heavy atom. The van der Waals surface area contributed by atoms with Crippen LogP contribution in [0.25, 0.3) is 0 Å². The Hall–Kier alpha value is -1.24. The minimum Gasteiger partial charge on any atom is -0.549 e. The molecular formula is C16H21NaO6. The number of ether oxygens (including phenoxy) is 3. The van der Waals surface area contributed by atoms with Gasteiger partial charge in [0, 0.05) is 29.9 Å². The van der Waals surface area contributed by atoms with E-state index in [-0.39, 0.29) is 36.0 Å². The number of carbonyl (C=O) groups is 2. The van der Waals surface area contributed by atoms with Gasteiger partial charge in [-0.05, 0) is 26.8 Å². The minimum atomic E-state index is -1.33. The quantitative estimate of drug-likeness (QED) is 0.375. The molecule has 1 aromatic rings. The van der Waals surface area contributed by atoms with E-state index in [1.807, 2.05) is 13.8 Å². The van der Waals surface area contributed by atoms with Gasteiger partial charge in [0.2, 0.25) is 0 Å². The summed E-state index contributed by atoms with van der Waals surface area (Å²) in [5.74, 6) is -1.18. The predicted molar refractivity (Wildman–Crippen MR) is 78.4 cm³/mol. The predicted octanol–water partition coefficient (Wildman–Crippen LogP) is -1.69. The second-order valence-electron chi connectivity index (χ2n) is 4.41. The van der Waals surface area contributed by atoms with Gasteiger partial charge >= 0.3 is 29.6 Å². The number of carboxylic acids is 1. The number of carbonyl (C=O) groups excluding carboxylic acids is 2. The Kier molecular flexibility index (Phi) is 10.7. The van der Waals surface area contributed by atoms with E-state index < -0.39 is 11.9 Å². The minimum absolute atomic E-state index is 0. The topological polar surface area (TPSA) is 84.9 Å². The van der Waals surface area contributed by atoms with Crippen LogP contribution in [0.3, 0.4) is 0 Å². The third-order valence-electron chi connectivity index (χ3n) is 2.97.